The van der Waals surface area contributed by atoms with Gasteiger partial charge in [-0.05, 0) is 6.92 Å². The van der Waals surface area contributed by atoms with Crippen LogP contribution in [0.15, 0.2) is 20.9 Å². The molecule has 0 saturated heterocycles. The van der Waals surface area contributed by atoms with E-state index in [1.165, 1.54) is 6.92 Å². The van der Waals surface area contributed by atoms with Crippen LogP contribution in [0.2, 0.25) is 0 Å². The minimum atomic E-state index is -1.73. The van der Waals surface area contributed by atoms with Crippen molar-refractivity contribution in [2.75, 3.05) is 6.61 Å². The third-order valence-corrected chi connectivity index (χ3v) is 4.60. The minimum Gasteiger partial charge on any atom is -0.462 e. The Morgan fingerprint density at radius 3 is 1.95 bits per heavy atom. The molecule has 0 aliphatic heterocycles. The van der Waals surface area contributed by atoms with Gasteiger partial charge in [0.25, 0.3) is 11.5 Å². The van der Waals surface area contributed by atoms with Gasteiger partial charge in [0.2, 0.25) is 0 Å². The molecule has 1 heterocycles. The number of carbonyl (C=O) groups excluding carboxylic acids is 6. The predicted octanol–water partition coefficient (Wildman–Crippen LogP) is -1.76. The van der Waals surface area contributed by atoms with Crippen molar-refractivity contribution in [1.82, 2.24) is 15.0 Å². The number of hydrogen-bond donors (Lipinski definition) is 2. The monoisotopic (exact) mass is 570 g/mol. The second-order valence-electron chi connectivity index (χ2n) is 8.19. The summed E-state index contributed by atoms with van der Waals surface area (Å²) in [4.78, 5) is 96.6. The van der Waals surface area contributed by atoms with Crippen molar-refractivity contribution >= 4 is 42.0 Å². The molecule has 2 N–H and O–H groups in total. The molecule has 1 aromatic heterocycles. The van der Waals surface area contributed by atoms with Gasteiger partial charge in [-0.15, -0.1) is 0 Å². The van der Waals surface area contributed by atoms with E-state index in [1.807, 2.05) is 4.98 Å². The zero-order valence-corrected chi connectivity index (χ0v) is 22.6. The molecule has 0 radical (unpaired) electrons. The molecule has 0 saturated carbocycles. The topological polar surface area (TPSA) is 228 Å². The SMILES string of the molecule is CC(=O)OC[C@@H](OC(C)=O)[C@@H](OC(C)=O)[C@H](OC(C)=O)[C@@H](/C=N/NC(=O)Cn1cc(C)c(=O)[nH]c1=O)OC(C)=O. The number of amides is 1. The summed E-state index contributed by atoms with van der Waals surface area (Å²) in [7, 11) is 0. The van der Waals surface area contributed by atoms with Crippen LogP contribution in [-0.4, -0.2) is 82.5 Å². The number of rotatable bonds is 13. The normalized spacial score (nSPS) is 13.8. The van der Waals surface area contributed by atoms with E-state index in [0.29, 0.717) is 0 Å². The second kappa shape index (κ2) is 15.6. The number of nitrogens with zero attached hydrogens (tertiary/aromatic N) is 2. The van der Waals surface area contributed by atoms with E-state index in [1.54, 1.807) is 0 Å². The molecule has 0 aromatic carbocycles. The highest BCUT2D eigenvalue weighted by Crippen LogP contribution is 2.19. The average Bonchev–Trinajstić information content (AvgIpc) is 2.81. The molecule has 4 atom stereocenters. The molecule has 0 unspecified atom stereocenters. The van der Waals surface area contributed by atoms with Crippen LogP contribution in [-0.2, 0) is 59.0 Å². The molecular formula is C23H30N4O13. The minimum absolute atomic E-state index is 0.169. The lowest BCUT2D eigenvalue weighted by atomic mass is 10.0. The third-order valence-electron chi connectivity index (χ3n) is 4.60. The van der Waals surface area contributed by atoms with Crippen molar-refractivity contribution in [2.45, 2.75) is 72.5 Å². The van der Waals surface area contributed by atoms with Crippen molar-refractivity contribution in [2.24, 2.45) is 5.10 Å². The van der Waals surface area contributed by atoms with Gasteiger partial charge in [0.1, 0.15) is 13.2 Å². The Hall–Kier alpha value is -4.83. The standard InChI is InChI=1S/C23H30N4O13/c1-11-8-27(23(35)25-22(11)34)9-19(33)26-24-7-17(37-13(3)29)20(39-15(5)31)21(40-16(6)32)18(38-14(4)30)10-36-12(2)28/h7-8,17-18,20-21H,9-10H2,1-6H3,(H,26,33)(H,25,34,35)/b24-7+/t17-,18-,20-,21-/m1/s1. The molecule has 0 spiro atoms. The second-order valence-corrected chi connectivity index (χ2v) is 8.19. The van der Waals surface area contributed by atoms with E-state index < -0.39 is 84.6 Å². The first-order valence-electron chi connectivity index (χ1n) is 11.5. The molecule has 17 heteroatoms. The van der Waals surface area contributed by atoms with Gasteiger partial charge in [-0.1, -0.05) is 0 Å². The number of aromatic amines is 1. The number of H-pyrrole nitrogens is 1. The number of aryl methyl sites for hydroxylation is 1. The zero-order valence-electron chi connectivity index (χ0n) is 22.6. The van der Waals surface area contributed by atoms with Crippen molar-refractivity contribution in [1.29, 1.82) is 0 Å². The van der Waals surface area contributed by atoms with Crippen LogP contribution >= 0.6 is 0 Å². The van der Waals surface area contributed by atoms with Gasteiger partial charge < -0.3 is 23.7 Å². The third kappa shape index (κ3) is 11.7. The smallest absolute Gasteiger partial charge is 0.328 e. The maximum atomic E-state index is 12.3. The summed E-state index contributed by atoms with van der Waals surface area (Å²) < 4.78 is 26.5. The van der Waals surface area contributed by atoms with E-state index in [9.17, 15) is 38.4 Å². The Bertz CT molecular complexity index is 1270. The molecule has 17 nitrogen and oxygen atoms in total. The number of carbonyl (C=O) groups is 6. The van der Waals surface area contributed by atoms with Crippen LogP contribution in [0.25, 0.3) is 0 Å². The molecule has 220 valence electrons. The van der Waals surface area contributed by atoms with E-state index in [4.69, 9.17) is 23.7 Å². The molecule has 1 rings (SSSR count). The lowest BCUT2D eigenvalue weighted by Gasteiger charge is -2.34. The highest BCUT2D eigenvalue weighted by atomic mass is 16.6. The van der Waals surface area contributed by atoms with E-state index in [0.717, 1.165) is 51.6 Å². The van der Waals surface area contributed by atoms with Gasteiger partial charge in [-0.25, -0.2) is 10.2 Å². The lowest BCUT2D eigenvalue weighted by Crippen LogP contribution is -2.53. The first kappa shape index (κ1) is 33.2. The van der Waals surface area contributed by atoms with E-state index >= 15 is 0 Å². The van der Waals surface area contributed by atoms with Crippen molar-refractivity contribution in [3.63, 3.8) is 0 Å². The number of aromatic nitrogens is 2. The lowest BCUT2D eigenvalue weighted by molar-refractivity contribution is -0.197. The molecular weight excluding hydrogens is 540 g/mol. The van der Waals surface area contributed by atoms with Gasteiger partial charge in [-0.3, -0.25) is 43.1 Å². The number of ether oxygens (including phenoxy) is 5. The predicted molar refractivity (Wildman–Crippen MR) is 132 cm³/mol. The molecule has 1 amide bonds. The maximum absolute atomic E-state index is 12.3. The van der Waals surface area contributed by atoms with Crippen molar-refractivity contribution < 1.29 is 52.5 Å². The van der Waals surface area contributed by atoms with Crippen LogP contribution in [0.4, 0.5) is 0 Å². The summed E-state index contributed by atoms with van der Waals surface area (Å²) >= 11 is 0. The Balaban J connectivity index is 3.37. The quantitative estimate of drug-likeness (QED) is 0.116. The molecule has 0 aliphatic rings. The fourth-order valence-corrected chi connectivity index (χ4v) is 3.15. The molecule has 1 aromatic rings. The first-order chi connectivity index (χ1) is 18.6. The van der Waals surface area contributed by atoms with E-state index in [-0.39, 0.29) is 5.56 Å². The molecule has 0 fully saturated rings. The molecule has 0 bridgehead atoms. The number of nitrogens with one attached hydrogen (secondary N) is 2. The molecule has 40 heavy (non-hydrogen) atoms. The highest BCUT2D eigenvalue weighted by molar-refractivity contribution is 5.78. The van der Waals surface area contributed by atoms with Crippen LogP contribution in [0.3, 0.4) is 0 Å². The highest BCUT2D eigenvalue weighted by Gasteiger charge is 2.43. The molecule has 0 aliphatic carbocycles. The summed E-state index contributed by atoms with van der Waals surface area (Å²) in [6.07, 6.45) is -4.63. The van der Waals surface area contributed by atoms with Gasteiger partial charge in [0.15, 0.2) is 24.4 Å². The fourth-order valence-electron chi connectivity index (χ4n) is 3.15. The van der Waals surface area contributed by atoms with Crippen LogP contribution in [0.1, 0.15) is 40.2 Å². The maximum Gasteiger partial charge on any atom is 0.328 e. The largest absolute Gasteiger partial charge is 0.462 e. The Morgan fingerprint density at radius 2 is 1.43 bits per heavy atom. The van der Waals surface area contributed by atoms with Crippen LogP contribution < -0.4 is 16.7 Å². The summed E-state index contributed by atoms with van der Waals surface area (Å²) in [5.74, 6) is -5.30. The van der Waals surface area contributed by atoms with E-state index in [2.05, 4.69) is 10.5 Å². The van der Waals surface area contributed by atoms with Gasteiger partial charge in [-0.2, -0.15) is 5.10 Å². The Morgan fingerprint density at radius 1 is 0.875 bits per heavy atom. The summed E-state index contributed by atoms with van der Waals surface area (Å²) in [5.41, 5.74) is 0.767. The number of esters is 5. The first-order valence-corrected chi connectivity index (χ1v) is 11.5. The Kier molecular flexibility index (Phi) is 12.9. The van der Waals surface area contributed by atoms with Crippen molar-refractivity contribution in [3.05, 3.63) is 32.6 Å². The summed E-state index contributed by atoms with van der Waals surface area (Å²) in [6.45, 7) is 5.27. The van der Waals surface area contributed by atoms with Crippen molar-refractivity contribution in [3.8, 4) is 0 Å². The fraction of sp³-hybridized carbons (Fsp3) is 0.522. The van der Waals surface area contributed by atoms with Gasteiger partial charge >= 0.3 is 35.5 Å². The number of hydrazone groups is 1. The average molecular weight is 571 g/mol. The van der Waals surface area contributed by atoms with Crippen LogP contribution in [0.5, 0.6) is 0 Å². The summed E-state index contributed by atoms with van der Waals surface area (Å²) in [6, 6.07) is 0. The van der Waals surface area contributed by atoms with Crippen LogP contribution in [0, 0.1) is 6.92 Å². The zero-order chi connectivity index (χ0) is 30.6. The van der Waals surface area contributed by atoms with Gasteiger partial charge in [0.05, 0.1) is 6.21 Å². The Labute approximate surface area is 226 Å². The van der Waals surface area contributed by atoms with Gasteiger partial charge in [0, 0.05) is 46.4 Å². The number of hydrogen-bond acceptors (Lipinski definition) is 14. The summed E-state index contributed by atoms with van der Waals surface area (Å²) in [5, 5.41) is 3.66.